The Kier molecular flexibility index (Phi) is 11.0. The second-order valence-electron chi connectivity index (χ2n) is 8.47. The Bertz CT molecular complexity index is 1060. The molecule has 0 saturated heterocycles. The summed E-state index contributed by atoms with van der Waals surface area (Å²) in [5.41, 5.74) is 1.40. The van der Waals surface area contributed by atoms with Crippen molar-refractivity contribution in [3.05, 3.63) is 60.2 Å². The monoisotopic (exact) mass is 503 g/mol. The minimum absolute atomic E-state index is 0.107. The van der Waals surface area contributed by atoms with E-state index in [1.54, 1.807) is 36.1 Å². The fourth-order valence-corrected chi connectivity index (χ4v) is 4.63. The van der Waals surface area contributed by atoms with E-state index in [2.05, 4.69) is 5.32 Å². The van der Waals surface area contributed by atoms with E-state index in [9.17, 15) is 18.0 Å². The molecule has 8 nitrogen and oxygen atoms in total. The summed E-state index contributed by atoms with van der Waals surface area (Å²) in [6, 6.07) is 15.7. The average molecular weight is 504 g/mol. The smallest absolute Gasteiger partial charge is 0.242 e. The van der Waals surface area contributed by atoms with Crippen molar-refractivity contribution in [3.8, 4) is 5.75 Å². The van der Waals surface area contributed by atoms with Gasteiger partial charge in [0.25, 0.3) is 0 Å². The van der Waals surface area contributed by atoms with Gasteiger partial charge >= 0.3 is 0 Å². The van der Waals surface area contributed by atoms with E-state index in [0.29, 0.717) is 30.9 Å². The van der Waals surface area contributed by atoms with Crippen molar-refractivity contribution >= 4 is 27.5 Å². The molecule has 0 aliphatic heterocycles. The maximum atomic E-state index is 13.2. The first-order valence-electron chi connectivity index (χ1n) is 11.9. The molecule has 0 spiro atoms. The van der Waals surface area contributed by atoms with Crippen molar-refractivity contribution in [2.75, 3.05) is 30.8 Å². The third-order valence-corrected chi connectivity index (χ3v) is 6.88. The number of hydrogen-bond acceptors (Lipinski definition) is 5. The highest BCUT2D eigenvalue weighted by Crippen LogP contribution is 2.23. The molecule has 192 valence electrons. The molecule has 1 N–H and O–H groups in total. The van der Waals surface area contributed by atoms with Gasteiger partial charge < -0.3 is 15.0 Å². The molecule has 0 fully saturated rings. The van der Waals surface area contributed by atoms with E-state index < -0.39 is 16.1 Å². The van der Waals surface area contributed by atoms with Crippen molar-refractivity contribution in [2.24, 2.45) is 0 Å². The van der Waals surface area contributed by atoms with Crippen LogP contribution < -0.4 is 14.4 Å². The number of methoxy groups -OCH3 is 1. The molecule has 2 rings (SSSR count). The van der Waals surface area contributed by atoms with Crippen LogP contribution in [0.2, 0.25) is 0 Å². The Morgan fingerprint density at radius 3 is 2.40 bits per heavy atom. The average Bonchev–Trinajstić information content (AvgIpc) is 2.84. The fraction of sp³-hybridized carbons (Fsp3) is 0.462. The molecule has 0 radical (unpaired) electrons. The zero-order chi connectivity index (χ0) is 25.8. The summed E-state index contributed by atoms with van der Waals surface area (Å²) in [7, 11) is -2.05. The van der Waals surface area contributed by atoms with Crippen LogP contribution in [0.15, 0.2) is 54.6 Å². The summed E-state index contributed by atoms with van der Waals surface area (Å²) in [4.78, 5) is 27.5. The van der Waals surface area contributed by atoms with E-state index in [0.717, 1.165) is 24.7 Å². The molecule has 0 unspecified atom stereocenters. The number of amides is 2. The van der Waals surface area contributed by atoms with E-state index >= 15 is 0 Å². The Morgan fingerprint density at radius 2 is 1.77 bits per heavy atom. The minimum atomic E-state index is -3.56. The third-order valence-electron chi connectivity index (χ3n) is 5.69. The summed E-state index contributed by atoms with van der Waals surface area (Å²) >= 11 is 0. The van der Waals surface area contributed by atoms with Crippen LogP contribution in [0.1, 0.15) is 45.1 Å². The van der Waals surface area contributed by atoms with E-state index in [1.807, 2.05) is 37.3 Å². The standard InChI is InChI=1S/C26H37N3O5S/c1-5-6-17-27-26(31)21(2)28(20-22-12-8-7-9-13-22)25(30)16-11-18-29(35(4,32)33)23-14-10-15-24(19-23)34-3/h7-10,12-15,19,21H,5-6,11,16-18,20H2,1-4H3,(H,27,31)/t21-/m0/s1. The van der Waals surface area contributed by atoms with Crippen LogP contribution in [0.4, 0.5) is 5.69 Å². The van der Waals surface area contributed by atoms with Gasteiger partial charge in [-0.25, -0.2) is 8.42 Å². The van der Waals surface area contributed by atoms with E-state index in [4.69, 9.17) is 4.74 Å². The number of hydrogen-bond donors (Lipinski definition) is 1. The molecule has 9 heteroatoms. The molecule has 0 saturated carbocycles. The Balaban J connectivity index is 2.12. The van der Waals surface area contributed by atoms with Crippen LogP contribution >= 0.6 is 0 Å². The van der Waals surface area contributed by atoms with Crippen LogP contribution in [0.3, 0.4) is 0 Å². The number of unbranched alkanes of at least 4 members (excludes halogenated alkanes) is 1. The lowest BCUT2D eigenvalue weighted by Gasteiger charge is -2.29. The molecule has 1 atom stereocenters. The van der Waals surface area contributed by atoms with Gasteiger partial charge in [0.1, 0.15) is 11.8 Å². The predicted molar refractivity (Wildman–Crippen MR) is 139 cm³/mol. The highest BCUT2D eigenvalue weighted by molar-refractivity contribution is 7.92. The van der Waals surface area contributed by atoms with Gasteiger partial charge in [0, 0.05) is 32.1 Å². The van der Waals surface area contributed by atoms with Crippen molar-refractivity contribution in [1.29, 1.82) is 0 Å². The van der Waals surface area contributed by atoms with Gasteiger partial charge in [-0.05, 0) is 37.5 Å². The minimum Gasteiger partial charge on any atom is -0.497 e. The maximum absolute atomic E-state index is 13.2. The molecule has 0 aliphatic rings. The summed E-state index contributed by atoms with van der Waals surface area (Å²) in [5, 5.41) is 2.90. The van der Waals surface area contributed by atoms with E-state index in [1.165, 1.54) is 11.4 Å². The first-order valence-corrected chi connectivity index (χ1v) is 13.7. The highest BCUT2D eigenvalue weighted by atomic mass is 32.2. The van der Waals surface area contributed by atoms with Crippen molar-refractivity contribution in [1.82, 2.24) is 10.2 Å². The Hall–Kier alpha value is -3.07. The van der Waals surface area contributed by atoms with E-state index in [-0.39, 0.29) is 24.8 Å². The lowest BCUT2D eigenvalue weighted by molar-refractivity contribution is -0.140. The lowest BCUT2D eigenvalue weighted by Crippen LogP contribution is -2.47. The topological polar surface area (TPSA) is 96.0 Å². The molecular weight excluding hydrogens is 466 g/mol. The van der Waals surface area contributed by atoms with Gasteiger partial charge in [0.2, 0.25) is 21.8 Å². The van der Waals surface area contributed by atoms with Gasteiger partial charge in [0.15, 0.2) is 0 Å². The fourth-order valence-electron chi connectivity index (χ4n) is 3.67. The molecule has 2 aromatic rings. The van der Waals surface area contributed by atoms with Crippen LogP contribution in [0, 0.1) is 0 Å². The molecule has 0 heterocycles. The van der Waals surface area contributed by atoms with Crippen LogP contribution in [0.25, 0.3) is 0 Å². The molecule has 0 aromatic heterocycles. The Labute approximate surface area is 209 Å². The van der Waals surface area contributed by atoms with Crippen LogP contribution in [-0.2, 0) is 26.2 Å². The number of ether oxygens (including phenoxy) is 1. The number of carbonyl (C=O) groups is 2. The van der Waals surface area contributed by atoms with Gasteiger partial charge in [-0.2, -0.15) is 0 Å². The lowest BCUT2D eigenvalue weighted by atomic mass is 10.1. The van der Waals surface area contributed by atoms with Gasteiger partial charge in [-0.1, -0.05) is 49.7 Å². The third kappa shape index (κ3) is 8.90. The molecule has 2 aromatic carbocycles. The van der Waals surface area contributed by atoms with Crippen molar-refractivity contribution in [2.45, 2.75) is 52.1 Å². The highest BCUT2D eigenvalue weighted by Gasteiger charge is 2.26. The quantitative estimate of drug-likeness (QED) is 0.398. The second-order valence-corrected chi connectivity index (χ2v) is 10.4. The van der Waals surface area contributed by atoms with Crippen LogP contribution in [-0.4, -0.2) is 57.6 Å². The number of anilines is 1. The number of nitrogens with one attached hydrogen (secondary N) is 1. The predicted octanol–water partition coefficient (Wildman–Crippen LogP) is 3.58. The van der Waals surface area contributed by atoms with Gasteiger partial charge in [0.05, 0.1) is 19.1 Å². The molecule has 2 amide bonds. The largest absolute Gasteiger partial charge is 0.497 e. The molecule has 0 bridgehead atoms. The van der Waals surface area contributed by atoms with Crippen molar-refractivity contribution < 1.29 is 22.7 Å². The van der Waals surface area contributed by atoms with Gasteiger partial charge in [-0.3, -0.25) is 13.9 Å². The molecule has 0 aliphatic carbocycles. The zero-order valence-corrected chi connectivity index (χ0v) is 21.9. The number of benzene rings is 2. The first kappa shape index (κ1) is 28.2. The maximum Gasteiger partial charge on any atom is 0.242 e. The number of carbonyl (C=O) groups excluding carboxylic acids is 2. The number of nitrogens with zero attached hydrogens (tertiary/aromatic N) is 2. The number of rotatable bonds is 14. The summed E-state index contributed by atoms with van der Waals surface area (Å²) in [6.45, 7) is 4.77. The normalized spacial score (nSPS) is 12.0. The van der Waals surface area contributed by atoms with Crippen LogP contribution in [0.5, 0.6) is 5.75 Å². The number of sulfonamides is 1. The summed E-state index contributed by atoms with van der Waals surface area (Å²) in [6.07, 6.45) is 3.38. The molecule has 35 heavy (non-hydrogen) atoms. The zero-order valence-electron chi connectivity index (χ0n) is 21.1. The molecular formula is C26H37N3O5S. The second kappa shape index (κ2) is 13.7. The first-order chi connectivity index (χ1) is 16.7. The summed E-state index contributed by atoms with van der Waals surface area (Å²) in [5.74, 6) is 0.145. The Morgan fingerprint density at radius 1 is 1.06 bits per heavy atom. The van der Waals surface area contributed by atoms with Gasteiger partial charge in [-0.15, -0.1) is 0 Å². The van der Waals surface area contributed by atoms with Crippen molar-refractivity contribution in [3.63, 3.8) is 0 Å². The summed E-state index contributed by atoms with van der Waals surface area (Å²) < 4.78 is 31.4. The SMILES string of the molecule is CCCCNC(=O)[C@H](C)N(Cc1ccccc1)C(=O)CCCN(c1cccc(OC)c1)S(C)(=O)=O.